The maximum absolute atomic E-state index is 10.9. The van der Waals surface area contributed by atoms with Crippen molar-refractivity contribution < 1.29 is 99.5 Å². The van der Waals surface area contributed by atoms with Gasteiger partial charge in [-0.15, -0.1) is 0 Å². The van der Waals surface area contributed by atoms with E-state index in [1.54, 1.807) is 0 Å². The van der Waals surface area contributed by atoms with Crippen LogP contribution in [0.4, 0.5) is 0 Å². The fraction of sp³-hybridized carbons (Fsp3) is 1.00. The van der Waals surface area contributed by atoms with Gasteiger partial charge >= 0.3 is 0 Å². The Hall–Kier alpha value is -0.800. The summed E-state index contributed by atoms with van der Waals surface area (Å²) in [7, 11) is 0. The number of aliphatic hydroxyl groups is 13. The van der Waals surface area contributed by atoms with Gasteiger partial charge in [-0.1, -0.05) is 0 Å². The molecule has 20 heteroatoms. The summed E-state index contributed by atoms with van der Waals surface area (Å²) < 4.78 is 38.0. The fourth-order valence-corrected chi connectivity index (χ4v) is 5.52. The van der Waals surface area contributed by atoms with Crippen molar-refractivity contribution in [1.29, 1.82) is 0 Å². The standard InChI is InChI=1S/C24H42O20/c1-5-18(42-23-15(34)10(29)9(28)6(2-25)40-23)12(31)16(35)22(38-5)43-20-8(4-27)41-24(17(36)13(20)32)44-19-7(3-26)39-21(37)14(33)11(19)30/h5-37H,2-4H2,1H3/t5-,6-,7-,8-,9-,10+,11-,12-,13-,14-,15-,16-,17-,18-,19-,20-,21?,22-,23-,24-/m1/s1. The SMILES string of the molecule is C[C@H]1O[C@H](O[C@H]2[C@H](O)[C@@H](O)[C@@H](O[C@H]3[C@H](O)[C@@H](O)C(O)O[C@@H]3CO)O[C@@H]2CO)[C@H](O)[C@@H](O)[C@@H]1O[C@H]1O[C@H](CO)[C@@H](O)[C@H](O)[C@H]1O. The Morgan fingerprint density at radius 1 is 0.409 bits per heavy atom. The molecule has 0 aromatic heterocycles. The number of hydrogen-bond donors (Lipinski definition) is 13. The van der Waals surface area contributed by atoms with Crippen molar-refractivity contribution in [2.75, 3.05) is 19.8 Å². The van der Waals surface area contributed by atoms with Crippen molar-refractivity contribution in [1.82, 2.24) is 0 Å². The minimum absolute atomic E-state index is 0.736. The molecule has 20 atom stereocenters. The predicted molar refractivity (Wildman–Crippen MR) is 132 cm³/mol. The summed E-state index contributed by atoms with van der Waals surface area (Å²) in [5, 5.41) is 132. The van der Waals surface area contributed by atoms with Gasteiger partial charge in [-0.25, -0.2) is 0 Å². The molecular weight excluding hydrogens is 608 g/mol. The van der Waals surface area contributed by atoms with Crippen molar-refractivity contribution in [3.8, 4) is 0 Å². The van der Waals surface area contributed by atoms with E-state index >= 15 is 0 Å². The summed E-state index contributed by atoms with van der Waals surface area (Å²) in [4.78, 5) is 0. The molecule has 0 bridgehead atoms. The highest BCUT2D eigenvalue weighted by Crippen LogP contribution is 2.34. The monoisotopic (exact) mass is 650 g/mol. The topological polar surface area (TPSA) is 328 Å². The molecule has 0 aromatic carbocycles. The fourth-order valence-electron chi connectivity index (χ4n) is 5.52. The van der Waals surface area contributed by atoms with Crippen LogP contribution in [-0.2, 0) is 33.2 Å². The highest BCUT2D eigenvalue weighted by atomic mass is 16.8. The van der Waals surface area contributed by atoms with E-state index in [0.717, 1.165) is 0 Å². The Bertz CT molecular complexity index is 896. The predicted octanol–water partition coefficient (Wildman–Crippen LogP) is -8.72. The van der Waals surface area contributed by atoms with Gasteiger partial charge in [0.1, 0.15) is 91.6 Å². The van der Waals surface area contributed by atoms with Gasteiger partial charge in [0.25, 0.3) is 0 Å². The van der Waals surface area contributed by atoms with Crippen molar-refractivity contribution in [3.05, 3.63) is 0 Å². The van der Waals surface area contributed by atoms with Crippen molar-refractivity contribution in [2.45, 2.75) is 130 Å². The molecule has 13 N–H and O–H groups in total. The van der Waals surface area contributed by atoms with E-state index in [2.05, 4.69) is 0 Å². The number of aliphatic hydroxyl groups excluding tert-OH is 13. The molecule has 0 aromatic rings. The molecule has 0 amide bonds. The maximum Gasteiger partial charge on any atom is 0.187 e. The average Bonchev–Trinajstić information content (AvgIpc) is 3.00. The third-order valence-corrected chi connectivity index (χ3v) is 8.16. The first kappa shape index (κ1) is 36.0. The summed E-state index contributed by atoms with van der Waals surface area (Å²) in [5.74, 6) is 0. The Balaban J connectivity index is 1.41. The normalized spacial score (nSPS) is 53.9. The van der Waals surface area contributed by atoms with Gasteiger partial charge in [0.2, 0.25) is 0 Å². The number of ether oxygens (including phenoxy) is 7. The quantitative estimate of drug-likeness (QED) is 0.110. The van der Waals surface area contributed by atoms with Gasteiger partial charge in [0, 0.05) is 0 Å². The van der Waals surface area contributed by atoms with Crippen LogP contribution in [0.1, 0.15) is 6.92 Å². The average molecular weight is 651 g/mol. The zero-order valence-corrected chi connectivity index (χ0v) is 23.3. The molecule has 0 radical (unpaired) electrons. The molecule has 4 saturated heterocycles. The first-order valence-corrected chi connectivity index (χ1v) is 14.0. The van der Waals surface area contributed by atoms with Crippen molar-refractivity contribution in [2.24, 2.45) is 0 Å². The van der Waals surface area contributed by atoms with E-state index in [-0.39, 0.29) is 0 Å². The second-order valence-electron chi connectivity index (χ2n) is 11.1. The molecule has 0 saturated carbocycles. The van der Waals surface area contributed by atoms with E-state index < -0.39 is 143 Å². The summed E-state index contributed by atoms with van der Waals surface area (Å²) in [6, 6.07) is 0. The molecule has 4 aliphatic heterocycles. The van der Waals surface area contributed by atoms with Gasteiger partial charge < -0.3 is 99.5 Å². The number of hydrogen-bond acceptors (Lipinski definition) is 20. The molecule has 0 spiro atoms. The largest absolute Gasteiger partial charge is 0.394 e. The van der Waals surface area contributed by atoms with Crippen LogP contribution in [0.3, 0.4) is 0 Å². The lowest BCUT2D eigenvalue weighted by Crippen LogP contribution is -2.67. The summed E-state index contributed by atoms with van der Waals surface area (Å²) in [6.07, 6.45) is -33.5. The molecule has 4 rings (SSSR count). The molecule has 4 heterocycles. The summed E-state index contributed by atoms with van der Waals surface area (Å²) in [5.41, 5.74) is 0. The van der Waals surface area contributed by atoms with Crippen molar-refractivity contribution in [3.63, 3.8) is 0 Å². The van der Waals surface area contributed by atoms with Gasteiger partial charge in [-0.2, -0.15) is 0 Å². The molecular formula is C24H42O20. The lowest BCUT2D eigenvalue weighted by atomic mass is 9.96. The van der Waals surface area contributed by atoms with E-state index in [1.165, 1.54) is 6.92 Å². The molecule has 4 fully saturated rings. The van der Waals surface area contributed by atoms with Crippen LogP contribution in [0.2, 0.25) is 0 Å². The minimum Gasteiger partial charge on any atom is -0.394 e. The van der Waals surface area contributed by atoms with Crippen LogP contribution in [0.25, 0.3) is 0 Å². The Labute approximate surface area is 249 Å². The third-order valence-electron chi connectivity index (χ3n) is 8.16. The molecule has 20 nitrogen and oxygen atoms in total. The van der Waals surface area contributed by atoms with Crippen LogP contribution >= 0.6 is 0 Å². The van der Waals surface area contributed by atoms with Crippen molar-refractivity contribution >= 4 is 0 Å². The molecule has 258 valence electrons. The first-order chi connectivity index (χ1) is 20.7. The van der Waals surface area contributed by atoms with Crippen LogP contribution in [0.5, 0.6) is 0 Å². The van der Waals surface area contributed by atoms with Gasteiger partial charge in [0.05, 0.1) is 25.9 Å². The maximum atomic E-state index is 10.9. The second-order valence-corrected chi connectivity index (χ2v) is 11.1. The zero-order valence-electron chi connectivity index (χ0n) is 23.3. The highest BCUT2D eigenvalue weighted by molar-refractivity contribution is 4.97. The summed E-state index contributed by atoms with van der Waals surface area (Å²) >= 11 is 0. The Morgan fingerprint density at radius 3 is 1.32 bits per heavy atom. The number of rotatable bonds is 9. The van der Waals surface area contributed by atoms with E-state index in [9.17, 15) is 66.4 Å². The first-order valence-electron chi connectivity index (χ1n) is 14.0. The third kappa shape index (κ3) is 7.05. The Kier molecular flexibility index (Phi) is 12.3. The smallest absolute Gasteiger partial charge is 0.187 e. The van der Waals surface area contributed by atoms with Crippen LogP contribution in [0, 0.1) is 0 Å². The lowest BCUT2D eigenvalue weighted by Gasteiger charge is -2.48. The minimum atomic E-state index is -1.95. The summed E-state index contributed by atoms with van der Waals surface area (Å²) in [6.45, 7) is -1.01. The van der Waals surface area contributed by atoms with Gasteiger partial charge in [-0.05, 0) is 6.92 Å². The van der Waals surface area contributed by atoms with E-state index in [0.29, 0.717) is 0 Å². The Morgan fingerprint density at radius 2 is 0.795 bits per heavy atom. The molecule has 0 aliphatic carbocycles. The molecule has 1 unspecified atom stereocenters. The van der Waals surface area contributed by atoms with Crippen LogP contribution in [-0.4, -0.2) is 209 Å². The lowest BCUT2D eigenvalue weighted by molar-refractivity contribution is -0.385. The highest BCUT2D eigenvalue weighted by Gasteiger charge is 2.54. The zero-order chi connectivity index (χ0) is 32.6. The van der Waals surface area contributed by atoms with Gasteiger partial charge in [-0.3, -0.25) is 0 Å². The van der Waals surface area contributed by atoms with Crippen LogP contribution in [0.15, 0.2) is 0 Å². The van der Waals surface area contributed by atoms with Gasteiger partial charge in [0.15, 0.2) is 25.2 Å². The second kappa shape index (κ2) is 15.0. The molecule has 4 aliphatic rings. The van der Waals surface area contributed by atoms with E-state index in [4.69, 9.17) is 33.2 Å². The van der Waals surface area contributed by atoms with Crippen LogP contribution < -0.4 is 0 Å². The van der Waals surface area contributed by atoms with E-state index in [1.807, 2.05) is 0 Å². The molecule has 44 heavy (non-hydrogen) atoms.